The van der Waals surface area contributed by atoms with Crippen molar-refractivity contribution in [2.24, 2.45) is 5.84 Å². The average molecular weight is 230 g/mol. The molecule has 3 heteroatoms. The molecule has 0 aliphatic rings. The van der Waals surface area contributed by atoms with Crippen molar-refractivity contribution in [2.75, 3.05) is 0 Å². The fourth-order valence-electron chi connectivity index (χ4n) is 1.82. The van der Waals surface area contributed by atoms with E-state index in [1.807, 2.05) is 36.4 Å². The van der Waals surface area contributed by atoms with Gasteiger partial charge in [-0.25, -0.2) is 9.82 Å². The number of hydrazine groups is 1. The minimum absolute atomic E-state index is 0.189. The Labute approximate surface area is 100 Å². The SMILES string of the molecule is Cc1ccc(C(NN)c2ccccc2)cc1F. The summed E-state index contributed by atoms with van der Waals surface area (Å²) in [5, 5.41) is 0. The molecule has 0 spiro atoms. The van der Waals surface area contributed by atoms with E-state index in [1.165, 1.54) is 6.07 Å². The average Bonchev–Trinajstić information content (AvgIpc) is 2.36. The molecular formula is C14H15FN2. The number of aryl methyl sites for hydroxylation is 1. The maximum absolute atomic E-state index is 13.5. The lowest BCUT2D eigenvalue weighted by Crippen LogP contribution is -2.28. The lowest BCUT2D eigenvalue weighted by molar-refractivity contribution is 0.599. The Morgan fingerprint density at radius 2 is 1.76 bits per heavy atom. The molecule has 0 amide bonds. The van der Waals surface area contributed by atoms with Gasteiger partial charge in [-0.05, 0) is 29.7 Å². The van der Waals surface area contributed by atoms with E-state index in [2.05, 4.69) is 5.43 Å². The van der Waals surface area contributed by atoms with E-state index in [9.17, 15) is 4.39 Å². The summed E-state index contributed by atoms with van der Waals surface area (Å²) in [6.45, 7) is 1.74. The second kappa shape index (κ2) is 5.08. The van der Waals surface area contributed by atoms with Crippen molar-refractivity contribution in [3.8, 4) is 0 Å². The Morgan fingerprint density at radius 3 is 2.35 bits per heavy atom. The maximum atomic E-state index is 13.5. The van der Waals surface area contributed by atoms with Gasteiger partial charge in [-0.3, -0.25) is 5.84 Å². The molecule has 3 N–H and O–H groups in total. The minimum Gasteiger partial charge on any atom is -0.271 e. The monoisotopic (exact) mass is 230 g/mol. The van der Waals surface area contributed by atoms with Crippen molar-refractivity contribution >= 4 is 0 Å². The van der Waals surface area contributed by atoms with Crippen molar-refractivity contribution in [3.05, 3.63) is 71.0 Å². The molecule has 2 aromatic rings. The van der Waals surface area contributed by atoms with E-state index < -0.39 is 0 Å². The van der Waals surface area contributed by atoms with Crippen molar-refractivity contribution in [3.63, 3.8) is 0 Å². The van der Waals surface area contributed by atoms with Gasteiger partial charge in [0.25, 0.3) is 0 Å². The predicted molar refractivity (Wildman–Crippen MR) is 66.7 cm³/mol. The highest BCUT2D eigenvalue weighted by Gasteiger charge is 2.12. The molecule has 0 saturated heterocycles. The number of hydrogen-bond donors (Lipinski definition) is 2. The van der Waals surface area contributed by atoms with Crippen LogP contribution in [0.4, 0.5) is 4.39 Å². The van der Waals surface area contributed by atoms with Crippen LogP contribution >= 0.6 is 0 Å². The summed E-state index contributed by atoms with van der Waals surface area (Å²) in [5.41, 5.74) is 5.18. The Hall–Kier alpha value is -1.71. The van der Waals surface area contributed by atoms with Gasteiger partial charge in [0.2, 0.25) is 0 Å². The second-order valence-electron chi connectivity index (χ2n) is 4.02. The predicted octanol–water partition coefficient (Wildman–Crippen LogP) is 2.69. The van der Waals surface area contributed by atoms with Crippen LogP contribution in [0, 0.1) is 12.7 Å². The van der Waals surface area contributed by atoms with Crippen molar-refractivity contribution < 1.29 is 4.39 Å². The topological polar surface area (TPSA) is 38.0 Å². The van der Waals surface area contributed by atoms with Crippen LogP contribution in [-0.2, 0) is 0 Å². The molecule has 0 radical (unpaired) electrons. The maximum Gasteiger partial charge on any atom is 0.126 e. The molecule has 2 nitrogen and oxygen atoms in total. The normalized spacial score (nSPS) is 12.4. The van der Waals surface area contributed by atoms with Crippen molar-refractivity contribution in [1.29, 1.82) is 0 Å². The molecule has 1 unspecified atom stereocenters. The number of nitrogens with two attached hydrogens (primary N) is 1. The fourth-order valence-corrected chi connectivity index (χ4v) is 1.82. The first-order valence-corrected chi connectivity index (χ1v) is 5.49. The smallest absolute Gasteiger partial charge is 0.126 e. The van der Waals surface area contributed by atoms with E-state index in [4.69, 9.17) is 5.84 Å². The zero-order valence-electron chi connectivity index (χ0n) is 9.65. The Balaban J connectivity index is 2.39. The van der Waals surface area contributed by atoms with Crippen LogP contribution in [-0.4, -0.2) is 0 Å². The van der Waals surface area contributed by atoms with Crippen LogP contribution in [0.5, 0.6) is 0 Å². The van der Waals surface area contributed by atoms with E-state index in [1.54, 1.807) is 13.0 Å². The minimum atomic E-state index is -0.210. The number of benzene rings is 2. The molecule has 0 aliphatic heterocycles. The number of nitrogens with one attached hydrogen (secondary N) is 1. The second-order valence-corrected chi connectivity index (χ2v) is 4.02. The van der Waals surface area contributed by atoms with Crippen molar-refractivity contribution in [2.45, 2.75) is 13.0 Å². The molecule has 2 rings (SSSR count). The molecular weight excluding hydrogens is 215 g/mol. The van der Waals surface area contributed by atoms with Gasteiger partial charge in [-0.2, -0.15) is 0 Å². The highest BCUT2D eigenvalue weighted by Crippen LogP contribution is 2.22. The lowest BCUT2D eigenvalue weighted by atomic mass is 9.98. The fraction of sp³-hybridized carbons (Fsp3) is 0.143. The van der Waals surface area contributed by atoms with Crippen LogP contribution in [0.2, 0.25) is 0 Å². The largest absolute Gasteiger partial charge is 0.271 e. The summed E-state index contributed by atoms with van der Waals surface area (Å²) in [7, 11) is 0. The highest BCUT2D eigenvalue weighted by molar-refractivity contribution is 5.33. The molecule has 0 bridgehead atoms. The molecule has 2 aromatic carbocycles. The summed E-state index contributed by atoms with van der Waals surface area (Å²) in [6, 6.07) is 14.7. The van der Waals surface area contributed by atoms with Gasteiger partial charge in [0.1, 0.15) is 5.82 Å². The van der Waals surface area contributed by atoms with Gasteiger partial charge < -0.3 is 0 Å². The lowest BCUT2D eigenvalue weighted by Gasteiger charge is -2.17. The van der Waals surface area contributed by atoms with E-state index >= 15 is 0 Å². The molecule has 1 atom stereocenters. The number of rotatable bonds is 3. The Morgan fingerprint density at radius 1 is 1.06 bits per heavy atom. The van der Waals surface area contributed by atoms with Gasteiger partial charge in [-0.1, -0.05) is 42.5 Å². The third-order valence-corrected chi connectivity index (χ3v) is 2.83. The molecule has 0 heterocycles. The molecule has 0 fully saturated rings. The van der Waals surface area contributed by atoms with Gasteiger partial charge in [-0.15, -0.1) is 0 Å². The van der Waals surface area contributed by atoms with Crippen LogP contribution in [0.25, 0.3) is 0 Å². The summed E-state index contributed by atoms with van der Waals surface area (Å²) < 4.78 is 13.5. The Bertz CT molecular complexity index is 497. The van der Waals surface area contributed by atoms with Gasteiger partial charge >= 0.3 is 0 Å². The standard InChI is InChI=1S/C14H15FN2/c1-10-7-8-12(9-13(10)15)14(17-16)11-5-3-2-4-6-11/h2-9,14,17H,16H2,1H3. The van der Waals surface area contributed by atoms with Gasteiger partial charge in [0, 0.05) is 0 Å². The van der Waals surface area contributed by atoms with Gasteiger partial charge in [0.05, 0.1) is 6.04 Å². The van der Waals surface area contributed by atoms with Crippen LogP contribution in [0.15, 0.2) is 48.5 Å². The summed E-state index contributed by atoms with van der Waals surface area (Å²) in [6.07, 6.45) is 0. The molecule has 17 heavy (non-hydrogen) atoms. The quantitative estimate of drug-likeness (QED) is 0.628. The molecule has 0 saturated carbocycles. The van der Waals surface area contributed by atoms with E-state index in [0.29, 0.717) is 5.56 Å². The highest BCUT2D eigenvalue weighted by atomic mass is 19.1. The Kier molecular flexibility index (Phi) is 3.52. The van der Waals surface area contributed by atoms with Crippen LogP contribution in [0.1, 0.15) is 22.7 Å². The van der Waals surface area contributed by atoms with Crippen molar-refractivity contribution in [1.82, 2.24) is 5.43 Å². The molecule has 0 aromatic heterocycles. The zero-order valence-corrected chi connectivity index (χ0v) is 9.65. The first-order valence-electron chi connectivity index (χ1n) is 5.49. The van der Waals surface area contributed by atoms with E-state index in [-0.39, 0.29) is 11.9 Å². The molecule has 0 aliphatic carbocycles. The van der Waals surface area contributed by atoms with E-state index in [0.717, 1.165) is 11.1 Å². The first kappa shape index (κ1) is 11.8. The third kappa shape index (κ3) is 2.52. The van der Waals surface area contributed by atoms with Crippen LogP contribution < -0.4 is 11.3 Å². The summed E-state index contributed by atoms with van der Waals surface area (Å²) >= 11 is 0. The number of hydrogen-bond acceptors (Lipinski definition) is 2. The summed E-state index contributed by atoms with van der Waals surface area (Å²) in [5.74, 6) is 5.34. The van der Waals surface area contributed by atoms with Gasteiger partial charge in [0.15, 0.2) is 0 Å². The van der Waals surface area contributed by atoms with Crippen LogP contribution in [0.3, 0.4) is 0 Å². The molecule has 88 valence electrons. The zero-order chi connectivity index (χ0) is 12.3. The number of halogens is 1. The first-order chi connectivity index (χ1) is 8.22. The third-order valence-electron chi connectivity index (χ3n) is 2.83. The summed E-state index contributed by atoms with van der Waals surface area (Å²) in [4.78, 5) is 0.